The molecule has 0 spiro atoms. The summed E-state index contributed by atoms with van der Waals surface area (Å²) in [4.78, 5) is 17.2. The molecule has 6 heteroatoms. The average Bonchev–Trinajstić information content (AvgIpc) is 3.28. The van der Waals surface area contributed by atoms with E-state index in [0.29, 0.717) is 12.5 Å². The number of hydrogen-bond acceptors (Lipinski definition) is 4. The van der Waals surface area contributed by atoms with Gasteiger partial charge in [0.1, 0.15) is 18.2 Å². The van der Waals surface area contributed by atoms with Crippen LogP contribution < -0.4 is 15.4 Å². The summed E-state index contributed by atoms with van der Waals surface area (Å²) < 4.78 is 7.70. The monoisotopic (exact) mass is 354 g/mol. The third kappa shape index (κ3) is 3.21. The molecule has 2 N–H and O–H groups in total. The van der Waals surface area contributed by atoms with E-state index >= 15 is 0 Å². The molecule has 2 heterocycles. The number of anilines is 1. The normalized spacial score (nSPS) is 24.9. The van der Waals surface area contributed by atoms with E-state index in [4.69, 9.17) is 4.74 Å². The number of nitrogens with one attached hydrogen (secondary N) is 2. The Morgan fingerprint density at radius 3 is 3.00 bits per heavy atom. The van der Waals surface area contributed by atoms with Crippen molar-refractivity contribution in [3.8, 4) is 5.75 Å². The van der Waals surface area contributed by atoms with Gasteiger partial charge in [-0.05, 0) is 49.6 Å². The smallest absolute Gasteiger partial charge is 0.232 e. The minimum atomic E-state index is -0.231. The molecule has 1 aliphatic heterocycles. The molecule has 1 saturated heterocycles. The third-order valence-electron chi connectivity index (χ3n) is 5.89. The highest BCUT2D eigenvalue weighted by Gasteiger charge is 2.49. The number of nitrogens with zero attached hydrogens (tertiary/aromatic N) is 2. The summed E-state index contributed by atoms with van der Waals surface area (Å²) in [5.41, 5.74) is 0.593. The van der Waals surface area contributed by atoms with E-state index in [1.54, 1.807) is 6.20 Å². The molecule has 26 heavy (non-hydrogen) atoms. The molecule has 4 rings (SSSR count). The second kappa shape index (κ2) is 7.11. The maximum Gasteiger partial charge on any atom is 0.232 e. The van der Waals surface area contributed by atoms with Gasteiger partial charge in [-0.1, -0.05) is 12.8 Å². The van der Waals surface area contributed by atoms with Crippen molar-refractivity contribution < 1.29 is 9.53 Å². The minimum Gasteiger partial charge on any atom is -0.486 e. The zero-order valence-electron chi connectivity index (χ0n) is 15.2. The molecule has 1 aromatic carbocycles. The van der Waals surface area contributed by atoms with Crippen LogP contribution in [0.4, 0.5) is 5.69 Å². The molecule has 2 aliphatic rings. The summed E-state index contributed by atoms with van der Waals surface area (Å²) in [6.45, 7) is 2.19. The third-order valence-corrected chi connectivity index (χ3v) is 5.89. The first-order valence-corrected chi connectivity index (χ1v) is 9.39. The van der Waals surface area contributed by atoms with Crippen LogP contribution in [0.5, 0.6) is 5.75 Å². The van der Waals surface area contributed by atoms with Gasteiger partial charge in [-0.15, -0.1) is 0 Å². The number of carbonyl (C=O) groups is 1. The van der Waals surface area contributed by atoms with Crippen LogP contribution in [0.25, 0.3) is 0 Å². The fourth-order valence-electron chi connectivity index (χ4n) is 4.26. The van der Waals surface area contributed by atoms with Crippen molar-refractivity contribution in [3.05, 3.63) is 42.5 Å². The Bertz CT molecular complexity index is 770. The van der Waals surface area contributed by atoms with E-state index < -0.39 is 0 Å². The minimum absolute atomic E-state index is 0.161. The summed E-state index contributed by atoms with van der Waals surface area (Å²) >= 11 is 0. The predicted molar refractivity (Wildman–Crippen MR) is 99.9 cm³/mol. The number of hydrogen-bond donors (Lipinski definition) is 2. The highest BCUT2D eigenvalue weighted by Crippen LogP contribution is 2.44. The van der Waals surface area contributed by atoms with E-state index in [-0.39, 0.29) is 11.3 Å². The van der Waals surface area contributed by atoms with Crippen molar-refractivity contribution >= 4 is 11.6 Å². The van der Waals surface area contributed by atoms with E-state index in [2.05, 4.69) is 15.6 Å². The lowest BCUT2D eigenvalue weighted by atomic mass is 9.67. The molecule has 1 saturated carbocycles. The van der Waals surface area contributed by atoms with Crippen molar-refractivity contribution in [2.45, 2.75) is 32.3 Å². The predicted octanol–water partition coefficient (Wildman–Crippen LogP) is 2.72. The van der Waals surface area contributed by atoms with Crippen LogP contribution >= 0.6 is 0 Å². The summed E-state index contributed by atoms with van der Waals surface area (Å²) in [6, 6.07) is 7.59. The molecule has 138 valence electrons. The van der Waals surface area contributed by atoms with Crippen molar-refractivity contribution in [2.75, 3.05) is 18.4 Å². The first kappa shape index (κ1) is 17.1. The zero-order chi connectivity index (χ0) is 18.0. The summed E-state index contributed by atoms with van der Waals surface area (Å²) in [5.74, 6) is 2.27. The fraction of sp³-hybridized carbons (Fsp3) is 0.500. The van der Waals surface area contributed by atoms with Gasteiger partial charge >= 0.3 is 0 Å². The van der Waals surface area contributed by atoms with Crippen molar-refractivity contribution in [1.82, 2.24) is 14.9 Å². The number of aromatic nitrogens is 2. The van der Waals surface area contributed by atoms with E-state index in [0.717, 1.165) is 49.6 Å². The highest BCUT2D eigenvalue weighted by molar-refractivity contribution is 5.96. The number of aryl methyl sites for hydroxylation is 1. The summed E-state index contributed by atoms with van der Waals surface area (Å²) in [7, 11) is 1.94. The molecule has 2 aromatic rings. The second-order valence-corrected chi connectivity index (χ2v) is 7.45. The van der Waals surface area contributed by atoms with Gasteiger partial charge in [0, 0.05) is 31.7 Å². The molecule has 2 fully saturated rings. The molecule has 1 aliphatic carbocycles. The van der Waals surface area contributed by atoms with Crippen LogP contribution in [0.1, 0.15) is 31.5 Å². The van der Waals surface area contributed by atoms with Crippen LogP contribution in [0.2, 0.25) is 0 Å². The number of carbonyl (C=O) groups excluding carboxylic acids is 1. The van der Waals surface area contributed by atoms with Gasteiger partial charge in [0.25, 0.3) is 0 Å². The van der Waals surface area contributed by atoms with Crippen LogP contribution in [-0.2, 0) is 18.4 Å². The highest BCUT2D eigenvalue weighted by atomic mass is 16.5. The van der Waals surface area contributed by atoms with Gasteiger partial charge in [0.2, 0.25) is 5.91 Å². The Labute approximate surface area is 154 Å². The quantitative estimate of drug-likeness (QED) is 0.866. The van der Waals surface area contributed by atoms with E-state index in [9.17, 15) is 4.79 Å². The lowest BCUT2D eigenvalue weighted by molar-refractivity contribution is -0.128. The number of imidazole rings is 1. The number of amides is 1. The number of fused-ring (bicyclic) bond motifs is 1. The Hall–Kier alpha value is -2.34. The van der Waals surface area contributed by atoms with E-state index in [1.165, 1.54) is 6.42 Å². The molecule has 1 aromatic heterocycles. The fourth-order valence-corrected chi connectivity index (χ4v) is 4.26. The summed E-state index contributed by atoms with van der Waals surface area (Å²) in [5, 5.41) is 6.56. The molecular weight excluding hydrogens is 328 g/mol. The number of benzene rings is 1. The average molecular weight is 354 g/mol. The number of rotatable bonds is 5. The van der Waals surface area contributed by atoms with Gasteiger partial charge in [0.15, 0.2) is 0 Å². The molecule has 0 radical (unpaired) electrons. The molecule has 0 unspecified atom stereocenters. The maximum absolute atomic E-state index is 13.0. The Kier molecular flexibility index (Phi) is 4.68. The largest absolute Gasteiger partial charge is 0.486 e. The van der Waals surface area contributed by atoms with Crippen LogP contribution in [0.3, 0.4) is 0 Å². The van der Waals surface area contributed by atoms with Crippen LogP contribution in [0.15, 0.2) is 36.7 Å². The first-order valence-electron chi connectivity index (χ1n) is 9.39. The maximum atomic E-state index is 13.0. The summed E-state index contributed by atoms with van der Waals surface area (Å²) in [6.07, 6.45) is 8.18. The van der Waals surface area contributed by atoms with E-state index in [1.807, 2.05) is 42.1 Å². The standard InChI is InChI=1S/C20H26N4O2/c1-24-11-10-22-18(24)13-26-17-7-5-16(6-8-17)23-19(25)20-9-3-2-4-15(20)12-21-14-20/h5-8,10-11,15,21H,2-4,9,12-14H2,1H3,(H,23,25)/t15-,20+/m0/s1. The van der Waals surface area contributed by atoms with Crippen molar-refractivity contribution in [2.24, 2.45) is 18.4 Å². The van der Waals surface area contributed by atoms with Gasteiger partial charge < -0.3 is 19.9 Å². The van der Waals surface area contributed by atoms with Crippen LogP contribution in [-0.4, -0.2) is 28.5 Å². The molecule has 6 nitrogen and oxygen atoms in total. The Balaban J connectivity index is 1.38. The molecule has 2 atom stereocenters. The Morgan fingerprint density at radius 2 is 2.23 bits per heavy atom. The van der Waals surface area contributed by atoms with Crippen molar-refractivity contribution in [1.29, 1.82) is 0 Å². The number of ether oxygens (including phenoxy) is 1. The topological polar surface area (TPSA) is 68.2 Å². The Morgan fingerprint density at radius 1 is 1.38 bits per heavy atom. The zero-order valence-corrected chi connectivity index (χ0v) is 15.2. The SMILES string of the molecule is Cn1ccnc1COc1ccc(NC(=O)[C@@]23CCCC[C@H]2CNC3)cc1. The molecule has 1 amide bonds. The lowest BCUT2D eigenvalue weighted by Crippen LogP contribution is -2.44. The van der Waals surface area contributed by atoms with Gasteiger partial charge in [-0.3, -0.25) is 4.79 Å². The molecular formula is C20H26N4O2. The van der Waals surface area contributed by atoms with Crippen molar-refractivity contribution in [3.63, 3.8) is 0 Å². The molecule has 0 bridgehead atoms. The van der Waals surface area contributed by atoms with Gasteiger partial charge in [0.05, 0.1) is 5.41 Å². The first-order chi connectivity index (χ1) is 12.7. The lowest BCUT2D eigenvalue weighted by Gasteiger charge is -2.37. The van der Waals surface area contributed by atoms with Gasteiger partial charge in [-0.25, -0.2) is 4.98 Å². The van der Waals surface area contributed by atoms with Gasteiger partial charge in [-0.2, -0.15) is 0 Å². The second-order valence-electron chi connectivity index (χ2n) is 7.45. The van der Waals surface area contributed by atoms with Crippen LogP contribution in [0, 0.1) is 11.3 Å².